The third-order valence-corrected chi connectivity index (χ3v) is 4.42. The molecule has 4 rings (SSSR count). The van der Waals surface area contributed by atoms with Crippen molar-refractivity contribution in [3.63, 3.8) is 0 Å². The maximum absolute atomic E-state index is 11.5. The molecule has 2 aromatic carbocycles. The molecular formula is C21H19N5O3. The van der Waals surface area contributed by atoms with Gasteiger partial charge in [0.2, 0.25) is 11.7 Å². The fraction of sp³-hybridized carbons (Fsp3) is 0.190. The van der Waals surface area contributed by atoms with Gasteiger partial charge in [-0.3, -0.25) is 14.9 Å². The molecule has 0 aliphatic rings. The van der Waals surface area contributed by atoms with Gasteiger partial charge in [0.15, 0.2) is 0 Å². The lowest BCUT2D eigenvalue weighted by molar-refractivity contribution is 0.0600. The quantitative estimate of drug-likeness (QED) is 0.464. The molecule has 0 spiro atoms. The summed E-state index contributed by atoms with van der Waals surface area (Å²) in [6.07, 6.45) is 3.37. The zero-order chi connectivity index (χ0) is 20.2. The van der Waals surface area contributed by atoms with Crippen LogP contribution in [0.1, 0.15) is 21.8 Å². The molecule has 0 radical (unpaired) electrons. The number of rotatable bonds is 6. The smallest absolute Gasteiger partial charge is 0.337 e. The van der Waals surface area contributed by atoms with Gasteiger partial charge < -0.3 is 9.26 Å². The standard InChI is InChI=1S/C21H19N5O3/c1-26(12-14-3-8-17-18(11-14)23-10-9-22-17)13-19-24-20(25-29-19)15-4-6-16(7-5-15)21(27)28-2/h3-11H,12-13H2,1-2H3. The van der Waals surface area contributed by atoms with Crippen molar-refractivity contribution in [1.29, 1.82) is 0 Å². The van der Waals surface area contributed by atoms with Crippen molar-refractivity contribution in [2.45, 2.75) is 13.1 Å². The van der Waals surface area contributed by atoms with Gasteiger partial charge in [0.25, 0.3) is 0 Å². The number of carbonyl (C=O) groups is 1. The number of fused-ring (bicyclic) bond motifs is 1. The Morgan fingerprint density at radius 3 is 2.55 bits per heavy atom. The monoisotopic (exact) mass is 389 g/mol. The highest BCUT2D eigenvalue weighted by Crippen LogP contribution is 2.18. The molecular weight excluding hydrogens is 370 g/mol. The number of nitrogens with zero attached hydrogens (tertiary/aromatic N) is 5. The summed E-state index contributed by atoms with van der Waals surface area (Å²) >= 11 is 0. The molecule has 29 heavy (non-hydrogen) atoms. The number of carbonyl (C=O) groups excluding carboxylic acids is 1. The van der Waals surface area contributed by atoms with E-state index in [9.17, 15) is 4.79 Å². The van der Waals surface area contributed by atoms with Crippen molar-refractivity contribution < 1.29 is 14.1 Å². The number of hydrogen-bond donors (Lipinski definition) is 0. The predicted molar refractivity (Wildman–Crippen MR) is 106 cm³/mol. The minimum atomic E-state index is -0.383. The molecule has 0 atom stereocenters. The molecule has 2 heterocycles. The number of methoxy groups -OCH3 is 1. The minimum absolute atomic E-state index is 0.383. The van der Waals surface area contributed by atoms with E-state index in [2.05, 4.69) is 25.0 Å². The minimum Gasteiger partial charge on any atom is -0.465 e. The largest absolute Gasteiger partial charge is 0.465 e. The van der Waals surface area contributed by atoms with Crippen LogP contribution in [0.2, 0.25) is 0 Å². The number of aromatic nitrogens is 4. The predicted octanol–water partition coefficient (Wildman–Crippen LogP) is 3.10. The highest BCUT2D eigenvalue weighted by atomic mass is 16.5. The van der Waals surface area contributed by atoms with Crippen LogP contribution in [0, 0.1) is 0 Å². The molecule has 4 aromatic rings. The highest BCUT2D eigenvalue weighted by Gasteiger charge is 2.13. The van der Waals surface area contributed by atoms with Crippen LogP contribution >= 0.6 is 0 Å². The average molecular weight is 389 g/mol. The van der Waals surface area contributed by atoms with Crippen LogP contribution in [0.4, 0.5) is 0 Å². The Bertz CT molecular complexity index is 1140. The summed E-state index contributed by atoms with van der Waals surface area (Å²) in [5.74, 6) is 0.609. The van der Waals surface area contributed by atoms with Crippen LogP contribution in [0.15, 0.2) is 59.4 Å². The number of ether oxygens (including phenoxy) is 1. The zero-order valence-corrected chi connectivity index (χ0v) is 16.1. The van der Waals surface area contributed by atoms with Gasteiger partial charge in [0.1, 0.15) is 0 Å². The summed E-state index contributed by atoms with van der Waals surface area (Å²) in [6, 6.07) is 12.9. The molecule has 146 valence electrons. The van der Waals surface area contributed by atoms with E-state index in [1.54, 1.807) is 36.7 Å². The van der Waals surface area contributed by atoms with E-state index in [1.165, 1.54) is 7.11 Å². The van der Waals surface area contributed by atoms with Crippen LogP contribution in [-0.4, -0.2) is 45.1 Å². The van der Waals surface area contributed by atoms with Gasteiger partial charge in [-0.05, 0) is 36.9 Å². The molecule has 8 heteroatoms. The Balaban J connectivity index is 1.42. The first-order valence-electron chi connectivity index (χ1n) is 9.02. The van der Waals surface area contributed by atoms with Gasteiger partial charge >= 0.3 is 5.97 Å². The molecule has 0 saturated carbocycles. The molecule has 0 fully saturated rings. The van der Waals surface area contributed by atoms with E-state index in [4.69, 9.17) is 9.26 Å². The summed E-state index contributed by atoms with van der Waals surface area (Å²) in [5, 5.41) is 4.03. The lowest BCUT2D eigenvalue weighted by Crippen LogP contribution is -2.17. The first kappa shape index (κ1) is 18.7. The molecule has 0 amide bonds. The number of hydrogen-bond acceptors (Lipinski definition) is 8. The highest BCUT2D eigenvalue weighted by molar-refractivity contribution is 5.89. The molecule has 2 aromatic heterocycles. The lowest BCUT2D eigenvalue weighted by Gasteiger charge is -2.14. The summed E-state index contributed by atoms with van der Waals surface area (Å²) < 4.78 is 10.1. The molecule has 0 aliphatic heterocycles. The van der Waals surface area contributed by atoms with Crippen molar-refractivity contribution in [2.24, 2.45) is 0 Å². The van der Waals surface area contributed by atoms with Crippen LogP contribution in [0.25, 0.3) is 22.4 Å². The van der Waals surface area contributed by atoms with Crippen molar-refractivity contribution in [3.8, 4) is 11.4 Å². The molecule has 0 bridgehead atoms. The Kier molecular flexibility index (Phi) is 5.26. The first-order valence-corrected chi connectivity index (χ1v) is 9.02. The SMILES string of the molecule is COC(=O)c1ccc(-c2noc(CN(C)Cc3ccc4nccnc4c3)n2)cc1. The van der Waals surface area contributed by atoms with Crippen molar-refractivity contribution in [1.82, 2.24) is 25.0 Å². The molecule has 0 aliphatic carbocycles. The zero-order valence-electron chi connectivity index (χ0n) is 16.1. The van der Waals surface area contributed by atoms with Crippen molar-refractivity contribution in [3.05, 3.63) is 71.9 Å². The molecule has 0 unspecified atom stereocenters. The van der Waals surface area contributed by atoms with Crippen LogP contribution in [-0.2, 0) is 17.8 Å². The number of benzene rings is 2. The van der Waals surface area contributed by atoms with Gasteiger partial charge in [-0.15, -0.1) is 0 Å². The summed E-state index contributed by atoms with van der Waals surface area (Å²) in [5.41, 5.74) is 4.11. The third-order valence-electron chi connectivity index (χ3n) is 4.42. The average Bonchev–Trinajstić information content (AvgIpc) is 3.21. The Morgan fingerprint density at radius 2 is 1.79 bits per heavy atom. The fourth-order valence-corrected chi connectivity index (χ4v) is 3.02. The maximum atomic E-state index is 11.5. The van der Waals surface area contributed by atoms with Gasteiger partial charge in [0.05, 0.1) is 30.3 Å². The van der Waals surface area contributed by atoms with Crippen molar-refractivity contribution in [2.75, 3.05) is 14.2 Å². The van der Waals surface area contributed by atoms with Gasteiger partial charge in [-0.2, -0.15) is 4.98 Å². The number of esters is 1. The van der Waals surface area contributed by atoms with Gasteiger partial charge in [-0.1, -0.05) is 23.4 Å². The van der Waals surface area contributed by atoms with Crippen LogP contribution in [0.5, 0.6) is 0 Å². The molecule has 0 N–H and O–H groups in total. The van der Waals surface area contributed by atoms with E-state index in [1.807, 2.05) is 25.2 Å². The third kappa shape index (κ3) is 4.27. The Morgan fingerprint density at radius 1 is 1.03 bits per heavy atom. The normalized spacial score (nSPS) is 11.1. The van der Waals surface area contributed by atoms with Gasteiger partial charge in [-0.25, -0.2) is 4.79 Å². The topological polar surface area (TPSA) is 94.2 Å². The van der Waals surface area contributed by atoms with Gasteiger partial charge in [0, 0.05) is 24.5 Å². The van der Waals surface area contributed by atoms with Crippen LogP contribution in [0.3, 0.4) is 0 Å². The van der Waals surface area contributed by atoms with Crippen LogP contribution < -0.4 is 0 Å². The molecule has 8 nitrogen and oxygen atoms in total. The fourth-order valence-electron chi connectivity index (χ4n) is 3.02. The van der Waals surface area contributed by atoms with E-state index >= 15 is 0 Å². The molecule has 0 saturated heterocycles. The van der Waals surface area contributed by atoms with E-state index in [0.29, 0.717) is 30.4 Å². The van der Waals surface area contributed by atoms with Crippen molar-refractivity contribution >= 4 is 17.0 Å². The summed E-state index contributed by atoms with van der Waals surface area (Å²) in [7, 11) is 3.33. The van der Waals surface area contributed by atoms with E-state index < -0.39 is 0 Å². The van der Waals surface area contributed by atoms with E-state index in [0.717, 1.165) is 22.2 Å². The van der Waals surface area contributed by atoms with E-state index in [-0.39, 0.29) is 5.97 Å². The second-order valence-electron chi connectivity index (χ2n) is 6.63. The summed E-state index contributed by atoms with van der Waals surface area (Å²) in [6.45, 7) is 1.21. The first-order chi connectivity index (χ1) is 14.1. The lowest BCUT2D eigenvalue weighted by atomic mass is 10.1. The Labute approximate surface area is 167 Å². The maximum Gasteiger partial charge on any atom is 0.337 e. The Hall–Kier alpha value is -3.65. The summed E-state index contributed by atoms with van der Waals surface area (Å²) in [4.78, 5) is 26.7. The second-order valence-corrected chi connectivity index (χ2v) is 6.63. The second kappa shape index (κ2) is 8.15.